The first-order valence-corrected chi connectivity index (χ1v) is 13.9. The maximum absolute atomic E-state index is 6.28. The zero-order valence-corrected chi connectivity index (χ0v) is 24.8. The lowest BCUT2D eigenvalue weighted by atomic mass is 10.0. The van der Waals surface area contributed by atoms with Crippen LogP contribution in [0.5, 0.6) is 5.75 Å². The highest BCUT2D eigenvalue weighted by Gasteiger charge is 2.22. The topological polar surface area (TPSA) is 78.5 Å². The normalized spacial score (nSPS) is 24.1. The lowest BCUT2D eigenvalue weighted by Crippen LogP contribution is -2.36. The second-order valence-electron chi connectivity index (χ2n) is 10.1. The number of aryl methyl sites for hydroxylation is 1. The van der Waals surface area contributed by atoms with Crippen molar-refractivity contribution >= 4 is 17.2 Å². The van der Waals surface area contributed by atoms with Gasteiger partial charge >= 0.3 is 0 Å². The monoisotopic (exact) mass is 522 g/mol. The van der Waals surface area contributed by atoms with Gasteiger partial charge in [-0.3, -0.25) is 9.98 Å². The summed E-state index contributed by atoms with van der Waals surface area (Å²) in [7, 11) is 6.08. The fourth-order valence-electron chi connectivity index (χ4n) is 4.60. The van der Waals surface area contributed by atoms with E-state index in [0.717, 1.165) is 72.2 Å². The molecule has 1 atom stereocenters. The minimum Gasteiger partial charge on any atom is -0.493 e. The molecule has 1 aliphatic rings. The molecule has 1 heterocycles. The van der Waals surface area contributed by atoms with E-state index in [2.05, 4.69) is 98.8 Å². The summed E-state index contributed by atoms with van der Waals surface area (Å²) in [5.74, 6) is 1.70. The first-order chi connectivity index (χ1) is 18.2. The number of rotatable bonds is 3. The smallest absolute Gasteiger partial charge is 0.128 e. The first-order valence-electron chi connectivity index (χ1n) is 13.9. The van der Waals surface area contributed by atoms with Crippen molar-refractivity contribution < 1.29 is 4.74 Å². The molecule has 0 aromatic heterocycles. The van der Waals surface area contributed by atoms with E-state index < -0.39 is 0 Å². The summed E-state index contributed by atoms with van der Waals surface area (Å²) >= 11 is 0. The van der Waals surface area contributed by atoms with Gasteiger partial charge in [0.05, 0.1) is 24.9 Å². The molecule has 0 spiro atoms. The molecule has 1 unspecified atom stereocenters. The van der Waals surface area contributed by atoms with Crippen LogP contribution in [-0.2, 0) is 0 Å². The molecule has 210 valence electrons. The number of ether oxygens (including phenoxy) is 1. The summed E-state index contributed by atoms with van der Waals surface area (Å²) in [4.78, 5) is 13.9. The van der Waals surface area contributed by atoms with E-state index in [0.29, 0.717) is 19.7 Å². The lowest BCUT2D eigenvalue weighted by molar-refractivity contribution is 0.300. The third-order valence-corrected chi connectivity index (χ3v) is 7.02. The van der Waals surface area contributed by atoms with Crippen LogP contribution in [0.4, 0.5) is 0 Å². The number of amidine groups is 1. The number of hydrogen-bond acceptors (Lipinski definition) is 6. The van der Waals surface area contributed by atoms with Gasteiger partial charge in [0.2, 0.25) is 0 Å². The molecule has 1 aliphatic heterocycles. The van der Waals surface area contributed by atoms with E-state index in [9.17, 15) is 0 Å². The van der Waals surface area contributed by atoms with Crippen molar-refractivity contribution in [2.75, 3.05) is 47.4 Å². The molecule has 0 saturated heterocycles. The van der Waals surface area contributed by atoms with Crippen LogP contribution >= 0.6 is 0 Å². The molecule has 38 heavy (non-hydrogen) atoms. The fourth-order valence-corrected chi connectivity index (χ4v) is 4.60. The molecule has 2 rings (SSSR count). The Kier molecular flexibility index (Phi) is 13.1. The Morgan fingerprint density at radius 2 is 1.84 bits per heavy atom. The molecular formula is C31H50N6O. The van der Waals surface area contributed by atoms with Gasteiger partial charge in [-0.2, -0.15) is 0 Å². The highest BCUT2D eigenvalue weighted by molar-refractivity contribution is 6.02. The molecule has 3 N–H and O–H groups in total. The van der Waals surface area contributed by atoms with Crippen molar-refractivity contribution in [1.82, 2.24) is 15.1 Å². The van der Waals surface area contributed by atoms with E-state index in [1.165, 1.54) is 12.0 Å². The van der Waals surface area contributed by atoms with Crippen LogP contribution in [0.25, 0.3) is 5.70 Å². The molecule has 0 amide bonds. The molecule has 0 fully saturated rings. The Balaban J connectivity index is 2.47. The molecule has 7 nitrogen and oxygen atoms in total. The van der Waals surface area contributed by atoms with Crippen molar-refractivity contribution in [1.29, 1.82) is 0 Å². The van der Waals surface area contributed by atoms with Crippen LogP contribution in [0, 0.1) is 6.92 Å². The largest absolute Gasteiger partial charge is 0.493 e. The van der Waals surface area contributed by atoms with Crippen LogP contribution in [0.15, 0.2) is 58.3 Å². The lowest BCUT2D eigenvalue weighted by Gasteiger charge is -2.32. The first kappa shape index (κ1) is 31.2. The third kappa shape index (κ3) is 9.35. The average molecular weight is 523 g/mol. The number of allylic oxidation sites excluding steroid dienone is 2. The average Bonchev–Trinajstić information content (AvgIpc) is 2.90. The maximum atomic E-state index is 6.28. The van der Waals surface area contributed by atoms with Crippen molar-refractivity contribution in [3.05, 3.63) is 59.5 Å². The van der Waals surface area contributed by atoms with Crippen molar-refractivity contribution in [2.45, 2.75) is 65.8 Å². The molecule has 1 aromatic carbocycles. The van der Waals surface area contributed by atoms with Crippen molar-refractivity contribution in [3.8, 4) is 5.75 Å². The highest BCUT2D eigenvalue weighted by Crippen LogP contribution is 2.30. The summed E-state index contributed by atoms with van der Waals surface area (Å²) in [6.45, 7) is 15.7. The van der Waals surface area contributed by atoms with Gasteiger partial charge < -0.3 is 25.6 Å². The van der Waals surface area contributed by atoms with Crippen molar-refractivity contribution in [3.63, 3.8) is 0 Å². The number of nitrogens with one attached hydrogen (secondary N) is 1. The van der Waals surface area contributed by atoms with Gasteiger partial charge in [-0.05, 0) is 64.3 Å². The number of hydrogen-bond donors (Lipinski definition) is 2. The van der Waals surface area contributed by atoms with E-state index in [4.69, 9.17) is 15.5 Å². The third-order valence-electron chi connectivity index (χ3n) is 7.02. The van der Waals surface area contributed by atoms with E-state index in [1.54, 1.807) is 0 Å². The summed E-state index contributed by atoms with van der Waals surface area (Å²) in [5, 5.41) is 3.49. The summed E-state index contributed by atoms with van der Waals surface area (Å²) in [6, 6.07) is 6.40. The molecule has 1 aromatic rings. The molecule has 0 radical (unpaired) electrons. The Hall–Kier alpha value is -3.06. The molecule has 7 heteroatoms. The van der Waals surface area contributed by atoms with E-state index in [1.807, 2.05) is 7.05 Å². The predicted octanol–water partition coefficient (Wildman–Crippen LogP) is 5.39. The molecule has 0 aliphatic carbocycles. The minimum atomic E-state index is 0.0519. The summed E-state index contributed by atoms with van der Waals surface area (Å²) in [6.07, 6.45) is 9.56. The van der Waals surface area contributed by atoms with Gasteiger partial charge in [-0.1, -0.05) is 38.0 Å². The van der Waals surface area contributed by atoms with Gasteiger partial charge in [0.1, 0.15) is 11.6 Å². The second kappa shape index (κ2) is 16.0. The van der Waals surface area contributed by atoms with Gasteiger partial charge in [-0.25, -0.2) is 0 Å². The highest BCUT2D eigenvalue weighted by atomic mass is 16.5. The zero-order valence-electron chi connectivity index (χ0n) is 24.8. The van der Waals surface area contributed by atoms with Crippen LogP contribution in [0.1, 0.15) is 64.0 Å². The number of fused-ring (bicyclic) bond motifs is 1. The van der Waals surface area contributed by atoms with Crippen molar-refractivity contribution in [2.24, 2.45) is 15.7 Å². The molecule has 0 saturated carbocycles. The standard InChI is InChI=1S/C31H50N6O/c1-9-29-28(33-6)21-24(3)35-31(34-17-16-32)22-25(4)36(7)18-12-10-11-13-19-38-30-15-14-23(2)20-27(30)26(5)37(29)8/h14-15,20-22,29H,5,9-13,16-19,32H2,1-4,6-8H3,(H,34,35)/b24-21+,25-22+,33-28?. The van der Waals surface area contributed by atoms with Crippen LogP contribution < -0.4 is 15.8 Å². The summed E-state index contributed by atoms with van der Waals surface area (Å²) in [5.41, 5.74) is 12.0. The van der Waals surface area contributed by atoms with Crippen LogP contribution in [-0.4, -0.2) is 74.8 Å². The van der Waals surface area contributed by atoms with Gasteiger partial charge in [0.15, 0.2) is 0 Å². The van der Waals surface area contributed by atoms with Crippen LogP contribution in [0.2, 0.25) is 0 Å². The van der Waals surface area contributed by atoms with Gasteiger partial charge in [-0.15, -0.1) is 0 Å². The minimum absolute atomic E-state index is 0.0519. The fraction of sp³-hybridized carbons (Fsp3) is 0.548. The van der Waals surface area contributed by atoms with E-state index in [-0.39, 0.29) is 6.04 Å². The molecule has 0 bridgehead atoms. The van der Waals surface area contributed by atoms with E-state index >= 15 is 0 Å². The van der Waals surface area contributed by atoms with Gasteiger partial charge in [0.25, 0.3) is 0 Å². The quantitative estimate of drug-likeness (QED) is 0.557. The Bertz CT molecular complexity index is 1040. The zero-order chi connectivity index (χ0) is 28.1. The maximum Gasteiger partial charge on any atom is 0.128 e. The summed E-state index contributed by atoms with van der Waals surface area (Å²) < 4.78 is 6.28. The Morgan fingerprint density at radius 1 is 1.11 bits per heavy atom. The second-order valence-corrected chi connectivity index (χ2v) is 10.1. The Labute approximate surface area is 231 Å². The number of benzene rings is 1. The predicted molar refractivity (Wildman–Crippen MR) is 164 cm³/mol. The molecular weight excluding hydrogens is 472 g/mol. The number of nitrogens with two attached hydrogens (primary N) is 1. The number of aliphatic imine (C=N–C) groups is 2. The SMILES string of the molecule is C=C1c2cc(C)ccc2OCCCCCCN(C)/C(C)=C/C(=NCCN)N/C(C)=C/C(=NC)C(CC)N1C. The Morgan fingerprint density at radius 3 is 2.53 bits per heavy atom. The van der Waals surface area contributed by atoms with Gasteiger partial charge in [0, 0.05) is 56.9 Å². The van der Waals surface area contributed by atoms with Crippen LogP contribution in [0.3, 0.4) is 0 Å². The number of nitrogens with zero attached hydrogens (tertiary/aromatic N) is 4.